The second-order valence-electron chi connectivity index (χ2n) is 11.7. The van der Waals surface area contributed by atoms with E-state index in [2.05, 4.69) is 15.6 Å². The quantitative estimate of drug-likeness (QED) is 0.210. The Bertz CT molecular complexity index is 1590. The van der Waals surface area contributed by atoms with Crippen LogP contribution in [0.5, 0.6) is 11.5 Å². The lowest BCUT2D eigenvalue weighted by Crippen LogP contribution is -2.41. The van der Waals surface area contributed by atoms with Crippen LogP contribution in [0.15, 0.2) is 79.0 Å². The minimum atomic E-state index is -0.762. The SMILES string of the molecule is CNC(O)c1cccc2cc(Oc3ccnc(NC(=O)c4ccc(C5CCN(C(=O)OC(C)(C)C)CC5)cc4)c3)ccc12. The van der Waals surface area contributed by atoms with Crippen LogP contribution < -0.4 is 15.4 Å². The third-order valence-corrected chi connectivity index (χ3v) is 7.45. The van der Waals surface area contributed by atoms with Crippen molar-refractivity contribution in [3.8, 4) is 11.5 Å². The van der Waals surface area contributed by atoms with Gasteiger partial charge in [-0.25, -0.2) is 9.78 Å². The molecule has 43 heavy (non-hydrogen) atoms. The molecular formula is C34H38N4O5. The van der Waals surface area contributed by atoms with Crippen LogP contribution in [0.4, 0.5) is 10.6 Å². The van der Waals surface area contributed by atoms with Crippen molar-refractivity contribution in [2.75, 3.05) is 25.5 Å². The van der Waals surface area contributed by atoms with E-state index < -0.39 is 11.8 Å². The molecule has 9 heteroatoms. The van der Waals surface area contributed by atoms with Crippen molar-refractivity contribution in [3.05, 3.63) is 95.7 Å². The Morgan fingerprint density at radius 2 is 1.70 bits per heavy atom. The number of pyridine rings is 1. The van der Waals surface area contributed by atoms with Crippen molar-refractivity contribution in [2.24, 2.45) is 0 Å². The summed E-state index contributed by atoms with van der Waals surface area (Å²) in [6, 6.07) is 22.4. The maximum atomic E-state index is 13.0. The molecule has 1 aromatic heterocycles. The fourth-order valence-electron chi connectivity index (χ4n) is 5.24. The first-order valence-electron chi connectivity index (χ1n) is 14.5. The molecule has 2 heterocycles. The Morgan fingerprint density at radius 1 is 0.977 bits per heavy atom. The molecule has 1 aliphatic rings. The number of ether oxygens (including phenoxy) is 2. The molecule has 0 saturated carbocycles. The largest absolute Gasteiger partial charge is 0.457 e. The molecule has 3 N–H and O–H groups in total. The average Bonchev–Trinajstić information content (AvgIpc) is 3.00. The summed E-state index contributed by atoms with van der Waals surface area (Å²) >= 11 is 0. The van der Waals surface area contributed by atoms with Gasteiger partial charge in [0.25, 0.3) is 5.91 Å². The number of hydrogen-bond acceptors (Lipinski definition) is 7. The highest BCUT2D eigenvalue weighted by Gasteiger charge is 2.27. The van der Waals surface area contributed by atoms with Crippen LogP contribution in [0.2, 0.25) is 0 Å². The van der Waals surface area contributed by atoms with Gasteiger partial charge in [-0.05, 0) is 93.2 Å². The molecule has 0 radical (unpaired) electrons. The number of aromatic nitrogens is 1. The van der Waals surface area contributed by atoms with Crippen molar-refractivity contribution in [2.45, 2.75) is 51.4 Å². The number of amides is 2. The molecule has 4 aromatic rings. The van der Waals surface area contributed by atoms with Gasteiger partial charge in [-0.2, -0.15) is 0 Å². The van der Waals surface area contributed by atoms with Crippen LogP contribution in [0.1, 0.15) is 67.2 Å². The molecule has 5 rings (SSSR count). The molecule has 1 saturated heterocycles. The smallest absolute Gasteiger partial charge is 0.410 e. The number of piperidine rings is 1. The number of nitrogens with zero attached hydrogens (tertiary/aromatic N) is 2. The highest BCUT2D eigenvalue weighted by molar-refractivity contribution is 6.03. The van der Waals surface area contributed by atoms with E-state index in [0.717, 1.165) is 34.7 Å². The Hall–Kier alpha value is -4.47. The molecule has 1 atom stereocenters. The zero-order valence-corrected chi connectivity index (χ0v) is 25.0. The molecule has 1 aliphatic heterocycles. The highest BCUT2D eigenvalue weighted by atomic mass is 16.6. The molecule has 3 aromatic carbocycles. The van der Waals surface area contributed by atoms with E-state index in [4.69, 9.17) is 9.47 Å². The molecule has 9 nitrogen and oxygen atoms in total. The van der Waals surface area contributed by atoms with Gasteiger partial charge in [-0.15, -0.1) is 0 Å². The summed E-state index contributed by atoms with van der Waals surface area (Å²) < 4.78 is 11.6. The number of rotatable bonds is 7. The standard InChI is InChI=1S/C34H38N4O5/c1-34(2,3)43-33(41)38-18-15-23(16-19-38)22-8-10-24(11-9-22)31(39)37-30-21-27(14-17-36-30)42-26-12-13-28-25(20-26)6-5-7-29(28)32(40)35-4/h5-14,17,20-21,23,32,35,40H,15-16,18-19H2,1-4H3,(H,36,37,39). The minimum absolute atomic E-state index is 0.266. The monoisotopic (exact) mass is 582 g/mol. The Labute approximate surface area is 251 Å². The van der Waals surface area contributed by atoms with Gasteiger partial charge in [0, 0.05) is 36.5 Å². The normalized spacial score (nSPS) is 14.8. The summed E-state index contributed by atoms with van der Waals surface area (Å²) in [7, 11) is 1.71. The van der Waals surface area contributed by atoms with Gasteiger partial charge >= 0.3 is 6.09 Å². The summed E-state index contributed by atoms with van der Waals surface area (Å²) in [6.07, 6.45) is 2.25. The number of aliphatic hydroxyl groups excluding tert-OH is 1. The van der Waals surface area contributed by atoms with Crippen molar-refractivity contribution in [1.29, 1.82) is 0 Å². The third-order valence-electron chi connectivity index (χ3n) is 7.45. The predicted molar refractivity (Wildman–Crippen MR) is 166 cm³/mol. The number of carbonyl (C=O) groups excluding carboxylic acids is 2. The average molecular weight is 583 g/mol. The predicted octanol–water partition coefficient (Wildman–Crippen LogP) is 6.60. The summed E-state index contributed by atoms with van der Waals surface area (Å²) in [5.74, 6) is 1.59. The van der Waals surface area contributed by atoms with Gasteiger partial charge in [-0.1, -0.05) is 36.4 Å². The first kappa shape index (κ1) is 30.0. The van der Waals surface area contributed by atoms with Crippen molar-refractivity contribution < 1.29 is 24.2 Å². The highest BCUT2D eigenvalue weighted by Crippen LogP contribution is 2.31. The lowest BCUT2D eigenvalue weighted by Gasteiger charge is -2.33. The number of carbonyl (C=O) groups is 2. The van der Waals surface area contributed by atoms with E-state index in [1.165, 1.54) is 0 Å². The maximum Gasteiger partial charge on any atom is 0.410 e. The molecule has 1 fully saturated rings. The summed E-state index contributed by atoms with van der Waals surface area (Å²) in [4.78, 5) is 31.4. The molecule has 0 bridgehead atoms. The zero-order chi connectivity index (χ0) is 30.6. The van der Waals surface area contributed by atoms with Crippen LogP contribution in [-0.4, -0.2) is 52.7 Å². The second kappa shape index (κ2) is 12.8. The van der Waals surface area contributed by atoms with Crippen LogP contribution >= 0.6 is 0 Å². The van der Waals surface area contributed by atoms with E-state index >= 15 is 0 Å². The van der Waals surface area contributed by atoms with Crippen molar-refractivity contribution >= 4 is 28.6 Å². The van der Waals surface area contributed by atoms with Gasteiger partial charge < -0.3 is 24.8 Å². The Morgan fingerprint density at radius 3 is 2.40 bits per heavy atom. The summed E-state index contributed by atoms with van der Waals surface area (Å²) in [5, 5.41) is 17.8. The lowest BCUT2D eigenvalue weighted by atomic mass is 9.89. The number of aliphatic hydroxyl groups is 1. The molecule has 1 unspecified atom stereocenters. The number of benzene rings is 3. The molecule has 0 spiro atoms. The fourth-order valence-corrected chi connectivity index (χ4v) is 5.24. The lowest BCUT2D eigenvalue weighted by molar-refractivity contribution is 0.0204. The summed E-state index contributed by atoms with van der Waals surface area (Å²) in [5.41, 5.74) is 1.96. The fraction of sp³-hybridized carbons (Fsp3) is 0.324. The van der Waals surface area contributed by atoms with Crippen molar-refractivity contribution in [1.82, 2.24) is 15.2 Å². The van der Waals surface area contributed by atoms with E-state index in [9.17, 15) is 14.7 Å². The Kier molecular flexibility index (Phi) is 8.94. The first-order valence-corrected chi connectivity index (χ1v) is 14.5. The molecular weight excluding hydrogens is 544 g/mol. The minimum Gasteiger partial charge on any atom is -0.457 e. The summed E-state index contributed by atoms with van der Waals surface area (Å²) in [6.45, 7) is 6.90. The zero-order valence-electron chi connectivity index (χ0n) is 25.0. The van der Waals surface area contributed by atoms with Gasteiger partial charge in [-0.3, -0.25) is 10.1 Å². The van der Waals surface area contributed by atoms with Crippen LogP contribution in [0.25, 0.3) is 10.8 Å². The first-order chi connectivity index (χ1) is 20.6. The van der Waals surface area contributed by atoms with Crippen LogP contribution in [0, 0.1) is 0 Å². The maximum absolute atomic E-state index is 13.0. The number of nitrogens with one attached hydrogen (secondary N) is 2. The van der Waals surface area contributed by atoms with Gasteiger partial charge in [0.05, 0.1) is 0 Å². The van der Waals surface area contributed by atoms with E-state index in [1.54, 1.807) is 30.3 Å². The van der Waals surface area contributed by atoms with Gasteiger partial charge in [0.1, 0.15) is 29.1 Å². The van der Waals surface area contributed by atoms with E-state index in [-0.39, 0.29) is 12.0 Å². The number of likely N-dealkylation sites (tertiary alicyclic amines) is 1. The third kappa shape index (κ3) is 7.49. The van der Waals surface area contributed by atoms with Gasteiger partial charge in [0.15, 0.2) is 0 Å². The number of hydrogen-bond donors (Lipinski definition) is 3. The van der Waals surface area contributed by atoms with E-state index in [0.29, 0.717) is 41.9 Å². The molecule has 224 valence electrons. The Balaban J connectivity index is 1.18. The van der Waals surface area contributed by atoms with Crippen molar-refractivity contribution in [3.63, 3.8) is 0 Å². The number of anilines is 1. The van der Waals surface area contributed by atoms with Gasteiger partial charge in [0.2, 0.25) is 0 Å². The van der Waals surface area contributed by atoms with Crippen LogP contribution in [0.3, 0.4) is 0 Å². The second-order valence-corrected chi connectivity index (χ2v) is 11.7. The molecule has 2 amide bonds. The topological polar surface area (TPSA) is 113 Å². The van der Waals surface area contributed by atoms with E-state index in [1.807, 2.05) is 81.4 Å². The molecule has 0 aliphatic carbocycles. The number of fused-ring (bicyclic) bond motifs is 1. The van der Waals surface area contributed by atoms with Crippen LogP contribution in [-0.2, 0) is 4.74 Å².